The molecule has 1 fully saturated rings. The number of ether oxygens (including phenoxy) is 1. The minimum atomic E-state index is -0.850. The minimum Gasteiger partial charge on any atom is -0.478 e. The molecule has 0 aliphatic carbocycles. The quantitative estimate of drug-likeness (QED) is 0.833. The van der Waals surface area contributed by atoms with E-state index in [0.717, 1.165) is 37.2 Å². The molecule has 0 amide bonds. The number of carboxylic acid groups (broad SMARTS) is 1. The van der Waals surface area contributed by atoms with Gasteiger partial charge in [-0.1, -0.05) is 6.07 Å². The van der Waals surface area contributed by atoms with Crippen LogP contribution in [-0.4, -0.2) is 24.3 Å². The molecule has 0 radical (unpaired) electrons. The van der Waals surface area contributed by atoms with Gasteiger partial charge < -0.3 is 9.84 Å². The largest absolute Gasteiger partial charge is 0.478 e. The Morgan fingerprint density at radius 2 is 2.00 bits per heavy atom. The van der Waals surface area contributed by atoms with Crippen molar-refractivity contribution in [3.05, 3.63) is 34.9 Å². The van der Waals surface area contributed by atoms with Crippen LogP contribution in [0.5, 0.6) is 0 Å². The first-order valence-corrected chi connectivity index (χ1v) is 5.59. The summed E-state index contributed by atoms with van der Waals surface area (Å²) >= 11 is 0. The highest BCUT2D eigenvalue weighted by molar-refractivity contribution is 5.88. The summed E-state index contributed by atoms with van der Waals surface area (Å²) < 4.78 is 5.31. The van der Waals surface area contributed by atoms with E-state index in [0.29, 0.717) is 11.5 Å². The second-order valence-corrected chi connectivity index (χ2v) is 4.32. The number of aromatic carboxylic acids is 1. The van der Waals surface area contributed by atoms with Gasteiger partial charge in [-0.25, -0.2) is 4.79 Å². The van der Waals surface area contributed by atoms with Crippen LogP contribution in [0.25, 0.3) is 0 Å². The van der Waals surface area contributed by atoms with Crippen molar-refractivity contribution in [2.75, 3.05) is 13.2 Å². The van der Waals surface area contributed by atoms with E-state index in [9.17, 15) is 4.79 Å². The predicted octanol–water partition coefficient (Wildman–Crippen LogP) is 2.59. The SMILES string of the molecule is Cc1cc(C(=O)O)cc(C2CCOCC2)c1. The van der Waals surface area contributed by atoms with E-state index in [1.54, 1.807) is 12.1 Å². The number of carboxylic acids is 1. The van der Waals surface area contributed by atoms with Gasteiger partial charge >= 0.3 is 5.97 Å². The first kappa shape index (κ1) is 11.1. The number of hydrogen-bond donors (Lipinski definition) is 1. The lowest BCUT2D eigenvalue weighted by molar-refractivity contribution is 0.0696. The van der Waals surface area contributed by atoms with E-state index in [2.05, 4.69) is 6.07 Å². The number of rotatable bonds is 2. The molecule has 1 saturated heterocycles. The molecule has 0 bridgehead atoms. The maximum absolute atomic E-state index is 11.0. The topological polar surface area (TPSA) is 46.5 Å². The van der Waals surface area contributed by atoms with Gasteiger partial charge in [0.05, 0.1) is 5.56 Å². The first-order valence-electron chi connectivity index (χ1n) is 5.59. The van der Waals surface area contributed by atoms with E-state index in [1.807, 2.05) is 6.92 Å². The average Bonchev–Trinajstić information content (AvgIpc) is 2.29. The molecule has 0 atom stereocenters. The zero-order chi connectivity index (χ0) is 11.5. The van der Waals surface area contributed by atoms with Gasteiger partial charge in [-0.3, -0.25) is 0 Å². The lowest BCUT2D eigenvalue weighted by atomic mass is 9.89. The Bertz CT molecular complexity index is 392. The molecule has 0 saturated carbocycles. The Morgan fingerprint density at radius 3 is 2.62 bits per heavy atom. The smallest absolute Gasteiger partial charge is 0.335 e. The molecule has 0 aromatic heterocycles. The van der Waals surface area contributed by atoms with Crippen molar-refractivity contribution in [1.29, 1.82) is 0 Å². The molecule has 86 valence electrons. The molecule has 0 spiro atoms. The zero-order valence-corrected chi connectivity index (χ0v) is 9.40. The molecule has 1 aromatic carbocycles. The molecule has 3 nitrogen and oxygen atoms in total. The lowest BCUT2D eigenvalue weighted by Crippen LogP contribution is -2.14. The van der Waals surface area contributed by atoms with Crippen LogP contribution in [0.4, 0.5) is 0 Å². The molecule has 1 aliphatic rings. The highest BCUT2D eigenvalue weighted by Gasteiger charge is 2.17. The molecule has 2 rings (SSSR count). The van der Waals surface area contributed by atoms with Crippen molar-refractivity contribution in [3.63, 3.8) is 0 Å². The molecule has 1 heterocycles. The van der Waals surface area contributed by atoms with Gasteiger partial charge in [0.15, 0.2) is 0 Å². The predicted molar refractivity (Wildman–Crippen MR) is 60.9 cm³/mol. The number of hydrogen-bond acceptors (Lipinski definition) is 2. The summed E-state index contributed by atoms with van der Waals surface area (Å²) in [6.45, 7) is 3.50. The summed E-state index contributed by atoms with van der Waals surface area (Å²) in [5.41, 5.74) is 2.54. The molecule has 1 N–H and O–H groups in total. The third kappa shape index (κ3) is 2.42. The molecule has 1 aromatic rings. The van der Waals surface area contributed by atoms with Crippen LogP contribution in [0, 0.1) is 6.92 Å². The number of carbonyl (C=O) groups is 1. The van der Waals surface area contributed by atoms with Crippen LogP contribution < -0.4 is 0 Å². The van der Waals surface area contributed by atoms with E-state index in [-0.39, 0.29) is 0 Å². The summed E-state index contributed by atoms with van der Waals surface area (Å²) in [6, 6.07) is 5.60. The minimum absolute atomic E-state index is 0.390. The van der Waals surface area contributed by atoms with E-state index < -0.39 is 5.97 Å². The van der Waals surface area contributed by atoms with Crippen molar-refractivity contribution in [3.8, 4) is 0 Å². The van der Waals surface area contributed by atoms with Gasteiger partial charge in [-0.05, 0) is 48.9 Å². The maximum atomic E-state index is 11.0. The van der Waals surface area contributed by atoms with Crippen LogP contribution in [0.1, 0.15) is 40.2 Å². The molecule has 1 aliphatic heterocycles. The maximum Gasteiger partial charge on any atom is 0.335 e. The van der Waals surface area contributed by atoms with Gasteiger partial charge in [0.1, 0.15) is 0 Å². The Labute approximate surface area is 95.0 Å². The fourth-order valence-corrected chi connectivity index (χ4v) is 2.20. The summed E-state index contributed by atoms with van der Waals surface area (Å²) in [5.74, 6) is -0.399. The second-order valence-electron chi connectivity index (χ2n) is 4.32. The van der Waals surface area contributed by atoms with Crippen LogP contribution in [0.15, 0.2) is 18.2 Å². The van der Waals surface area contributed by atoms with Crippen LogP contribution >= 0.6 is 0 Å². The first-order chi connectivity index (χ1) is 7.66. The Morgan fingerprint density at radius 1 is 1.31 bits per heavy atom. The summed E-state index contributed by atoms with van der Waals surface area (Å²) in [6.07, 6.45) is 1.98. The fourth-order valence-electron chi connectivity index (χ4n) is 2.20. The van der Waals surface area contributed by atoms with Gasteiger partial charge in [0.2, 0.25) is 0 Å². The Balaban J connectivity index is 2.28. The monoisotopic (exact) mass is 220 g/mol. The zero-order valence-electron chi connectivity index (χ0n) is 9.40. The standard InChI is InChI=1S/C13H16O3/c1-9-6-11(8-12(7-9)13(14)15)10-2-4-16-5-3-10/h6-8,10H,2-5H2,1H3,(H,14,15). The summed E-state index contributed by atoms with van der Waals surface area (Å²) in [5, 5.41) is 9.01. The highest BCUT2D eigenvalue weighted by Crippen LogP contribution is 2.28. The van der Waals surface area contributed by atoms with Crippen molar-refractivity contribution in [2.24, 2.45) is 0 Å². The van der Waals surface area contributed by atoms with Crippen molar-refractivity contribution >= 4 is 5.97 Å². The Hall–Kier alpha value is -1.35. The van der Waals surface area contributed by atoms with Crippen LogP contribution in [-0.2, 0) is 4.74 Å². The van der Waals surface area contributed by atoms with E-state index in [4.69, 9.17) is 9.84 Å². The van der Waals surface area contributed by atoms with Crippen LogP contribution in [0.3, 0.4) is 0 Å². The second kappa shape index (κ2) is 4.66. The molecular formula is C13H16O3. The number of benzene rings is 1. The average molecular weight is 220 g/mol. The third-order valence-corrected chi connectivity index (χ3v) is 3.04. The van der Waals surface area contributed by atoms with Gasteiger partial charge in [0, 0.05) is 13.2 Å². The van der Waals surface area contributed by atoms with E-state index in [1.165, 1.54) is 0 Å². The van der Waals surface area contributed by atoms with Gasteiger partial charge in [-0.2, -0.15) is 0 Å². The Kier molecular flexibility index (Phi) is 3.25. The molecule has 16 heavy (non-hydrogen) atoms. The molecule has 3 heteroatoms. The van der Waals surface area contributed by atoms with Crippen molar-refractivity contribution in [1.82, 2.24) is 0 Å². The van der Waals surface area contributed by atoms with Crippen molar-refractivity contribution < 1.29 is 14.6 Å². The summed E-state index contributed by atoms with van der Waals surface area (Å²) in [4.78, 5) is 11.0. The normalized spacial score (nSPS) is 17.3. The highest BCUT2D eigenvalue weighted by atomic mass is 16.5. The third-order valence-electron chi connectivity index (χ3n) is 3.04. The van der Waals surface area contributed by atoms with Crippen molar-refractivity contribution in [2.45, 2.75) is 25.7 Å². The van der Waals surface area contributed by atoms with Gasteiger partial charge in [-0.15, -0.1) is 0 Å². The fraction of sp³-hybridized carbons (Fsp3) is 0.462. The van der Waals surface area contributed by atoms with Gasteiger partial charge in [0.25, 0.3) is 0 Å². The molecular weight excluding hydrogens is 204 g/mol. The lowest BCUT2D eigenvalue weighted by Gasteiger charge is -2.23. The van der Waals surface area contributed by atoms with Crippen LogP contribution in [0.2, 0.25) is 0 Å². The summed E-state index contributed by atoms with van der Waals surface area (Å²) in [7, 11) is 0. The molecule has 0 unspecified atom stereocenters. The number of aryl methyl sites for hydroxylation is 1. The van der Waals surface area contributed by atoms with E-state index >= 15 is 0 Å².